The van der Waals surface area contributed by atoms with Gasteiger partial charge in [-0.15, -0.1) is 0 Å². The number of H-pyrrole nitrogens is 1. The van der Waals surface area contributed by atoms with Gasteiger partial charge in [-0.2, -0.15) is 15.1 Å². The number of fused-ring (bicyclic) bond motifs is 6. The van der Waals surface area contributed by atoms with Crippen LogP contribution in [0.15, 0.2) is 55.0 Å². The summed E-state index contributed by atoms with van der Waals surface area (Å²) in [5.74, 6) is 1.18. The fourth-order valence-corrected chi connectivity index (χ4v) is 3.53. The highest BCUT2D eigenvalue weighted by molar-refractivity contribution is 6.32. The molecule has 6 bridgehead atoms. The lowest BCUT2D eigenvalue weighted by atomic mass is 10.0. The van der Waals surface area contributed by atoms with E-state index >= 15 is 0 Å². The Morgan fingerprint density at radius 2 is 1.91 bits per heavy atom. The second-order valence-corrected chi connectivity index (χ2v) is 7.53. The summed E-state index contributed by atoms with van der Waals surface area (Å²) in [7, 11) is 0. The van der Waals surface area contributed by atoms with Gasteiger partial charge in [0, 0.05) is 17.1 Å². The molecule has 11 heteroatoms. The number of carbonyl (C=O) groups excluding carboxylic acids is 1. The smallest absolute Gasteiger partial charge is 0.326 e. The van der Waals surface area contributed by atoms with Crippen LogP contribution in [-0.4, -0.2) is 31.2 Å². The lowest BCUT2D eigenvalue weighted by Crippen LogP contribution is -2.21. The number of benzene rings is 2. The van der Waals surface area contributed by atoms with Crippen LogP contribution in [0.25, 0.3) is 0 Å². The summed E-state index contributed by atoms with van der Waals surface area (Å²) in [5, 5.41) is 18.7. The van der Waals surface area contributed by atoms with Gasteiger partial charge in [-0.05, 0) is 54.3 Å². The summed E-state index contributed by atoms with van der Waals surface area (Å²) < 4.78 is 0. The third kappa shape index (κ3) is 4.44. The molecule has 1 aliphatic heterocycles. The van der Waals surface area contributed by atoms with Gasteiger partial charge >= 0.3 is 6.03 Å². The van der Waals surface area contributed by atoms with Crippen molar-refractivity contribution in [1.82, 2.24) is 25.1 Å². The number of hydrogen-bond donors (Lipinski definition) is 5. The number of nitrogens with zero attached hydrogens (tertiary/aromatic N) is 4. The Hall–Kier alpha value is -4.18. The molecule has 2 aromatic heterocycles. The molecule has 5 N–H and O–H groups in total. The molecule has 3 heterocycles. The molecule has 0 saturated heterocycles. The molecule has 2 amide bonds. The number of aryl methyl sites for hydroxylation is 2. The summed E-state index contributed by atoms with van der Waals surface area (Å²) in [6, 6.07) is 13.3. The molecule has 10 nitrogen and oxygen atoms in total. The maximum Gasteiger partial charge on any atom is 0.326 e. The summed E-state index contributed by atoms with van der Waals surface area (Å²) in [5.41, 5.74) is 4.45. The molecule has 0 radical (unpaired) electrons. The van der Waals surface area contributed by atoms with E-state index in [1.165, 1.54) is 6.33 Å². The van der Waals surface area contributed by atoms with Gasteiger partial charge < -0.3 is 16.0 Å². The van der Waals surface area contributed by atoms with Gasteiger partial charge in [0.1, 0.15) is 11.3 Å². The molecule has 0 spiro atoms. The van der Waals surface area contributed by atoms with Crippen LogP contribution in [0.3, 0.4) is 0 Å². The highest BCUT2D eigenvalue weighted by Gasteiger charge is 2.13. The fourth-order valence-electron chi connectivity index (χ4n) is 3.39. The van der Waals surface area contributed by atoms with Crippen LogP contribution in [-0.2, 0) is 12.8 Å². The summed E-state index contributed by atoms with van der Waals surface area (Å²) in [6.45, 7) is 0. The second-order valence-electron chi connectivity index (χ2n) is 7.13. The Bertz CT molecular complexity index is 1280. The minimum atomic E-state index is -0.420. The molecule has 0 saturated carbocycles. The zero-order valence-corrected chi connectivity index (χ0v) is 17.4. The Balaban J connectivity index is 1.49. The lowest BCUT2D eigenvalue weighted by molar-refractivity contribution is 0.262. The number of aromatic amines is 1. The van der Waals surface area contributed by atoms with Crippen LogP contribution < -0.4 is 21.3 Å². The second kappa shape index (κ2) is 8.52. The van der Waals surface area contributed by atoms with Crippen LogP contribution in [0.2, 0.25) is 5.02 Å². The summed E-state index contributed by atoms with van der Waals surface area (Å²) in [6.07, 6.45) is 4.35. The highest BCUT2D eigenvalue weighted by Crippen LogP contribution is 2.29. The van der Waals surface area contributed by atoms with Gasteiger partial charge in [0.25, 0.3) is 0 Å². The minimum absolute atomic E-state index is 0.263. The number of halogens is 1. The van der Waals surface area contributed by atoms with Crippen molar-refractivity contribution in [2.45, 2.75) is 12.8 Å². The van der Waals surface area contributed by atoms with Crippen molar-refractivity contribution in [2.24, 2.45) is 0 Å². The van der Waals surface area contributed by atoms with Crippen molar-refractivity contribution in [3.05, 3.63) is 71.1 Å². The van der Waals surface area contributed by atoms with E-state index in [1.54, 1.807) is 6.20 Å². The van der Waals surface area contributed by atoms with E-state index in [1.807, 2.05) is 30.3 Å². The highest BCUT2D eigenvalue weighted by atomic mass is 35.5. The SMILES string of the molecule is O=C(Nc1ncn[nH]1)Nc1ccc2cc1CCc1cccc(c1)Nc1ncc(Cl)c(n1)N2. The number of rotatable bonds is 2. The van der Waals surface area contributed by atoms with Crippen molar-refractivity contribution in [2.75, 3.05) is 21.3 Å². The molecule has 2 aromatic carbocycles. The fraction of sp³-hybridized carbons (Fsp3) is 0.0952. The van der Waals surface area contributed by atoms with Crippen molar-refractivity contribution < 1.29 is 4.79 Å². The van der Waals surface area contributed by atoms with E-state index in [9.17, 15) is 4.79 Å². The van der Waals surface area contributed by atoms with Crippen LogP contribution in [0.4, 0.5) is 39.6 Å². The Kier molecular flexibility index (Phi) is 5.26. The quantitative estimate of drug-likeness (QED) is 0.306. The Labute approximate surface area is 187 Å². The zero-order valence-electron chi connectivity index (χ0n) is 16.7. The van der Waals surface area contributed by atoms with Crippen molar-refractivity contribution >= 4 is 52.4 Å². The molecule has 5 rings (SSSR count). The summed E-state index contributed by atoms with van der Waals surface area (Å²) in [4.78, 5) is 25.1. The van der Waals surface area contributed by atoms with Gasteiger partial charge in [0.15, 0.2) is 5.82 Å². The van der Waals surface area contributed by atoms with Gasteiger partial charge in [0.05, 0.1) is 6.20 Å². The molecule has 4 aromatic rings. The lowest BCUT2D eigenvalue weighted by Gasteiger charge is -2.14. The molecule has 1 aliphatic rings. The van der Waals surface area contributed by atoms with E-state index in [-0.39, 0.29) is 5.95 Å². The first-order valence-electron chi connectivity index (χ1n) is 9.84. The molecule has 0 aliphatic carbocycles. The van der Waals surface area contributed by atoms with E-state index in [2.05, 4.69) is 58.5 Å². The zero-order chi connectivity index (χ0) is 21.9. The van der Waals surface area contributed by atoms with Crippen molar-refractivity contribution in [1.29, 1.82) is 0 Å². The minimum Gasteiger partial charge on any atom is -0.339 e. The van der Waals surface area contributed by atoms with E-state index in [4.69, 9.17) is 11.6 Å². The van der Waals surface area contributed by atoms with Crippen LogP contribution in [0.1, 0.15) is 11.1 Å². The number of anilines is 6. The predicted octanol–water partition coefficient (Wildman–Crippen LogP) is 4.48. The molecule has 0 fully saturated rings. The van der Waals surface area contributed by atoms with Crippen LogP contribution >= 0.6 is 11.6 Å². The third-order valence-corrected chi connectivity index (χ3v) is 5.15. The van der Waals surface area contributed by atoms with Gasteiger partial charge in [0.2, 0.25) is 11.9 Å². The number of carbonyl (C=O) groups is 1. The normalized spacial score (nSPS) is 12.3. The molecule has 32 heavy (non-hydrogen) atoms. The van der Waals surface area contributed by atoms with Gasteiger partial charge in [-0.1, -0.05) is 23.7 Å². The third-order valence-electron chi connectivity index (χ3n) is 4.87. The number of nitrogens with one attached hydrogen (secondary N) is 5. The predicted molar refractivity (Wildman–Crippen MR) is 123 cm³/mol. The molecule has 0 unspecified atom stereocenters. The molecule has 0 atom stereocenters. The van der Waals surface area contributed by atoms with Crippen LogP contribution in [0, 0.1) is 0 Å². The van der Waals surface area contributed by atoms with Crippen molar-refractivity contribution in [3.63, 3.8) is 0 Å². The number of urea groups is 1. The first-order valence-corrected chi connectivity index (χ1v) is 10.2. The topological polar surface area (TPSA) is 133 Å². The maximum atomic E-state index is 12.4. The van der Waals surface area contributed by atoms with Gasteiger partial charge in [-0.3, -0.25) is 5.32 Å². The number of hydrogen-bond acceptors (Lipinski definition) is 7. The monoisotopic (exact) mass is 447 g/mol. The Morgan fingerprint density at radius 1 is 1.00 bits per heavy atom. The van der Waals surface area contributed by atoms with Crippen LogP contribution in [0.5, 0.6) is 0 Å². The molecule has 160 valence electrons. The van der Waals surface area contributed by atoms with E-state index < -0.39 is 6.03 Å². The standard InChI is InChI=1S/C21H18ClN9O/c22-16-10-23-19-27-14-3-1-2-12(8-14)4-5-13-9-15(26-18(16)29-19)6-7-17(13)28-21(32)30-20-24-11-25-31-20/h1-3,6-11H,4-5H2,(H2,23,26,27,29)(H3,24,25,28,30,31,32). The van der Waals surface area contributed by atoms with E-state index in [0.717, 1.165) is 28.9 Å². The molecular formula is C21H18ClN9O. The average Bonchev–Trinajstić information content (AvgIpc) is 3.29. The molecular weight excluding hydrogens is 430 g/mol. The Morgan fingerprint density at radius 3 is 2.78 bits per heavy atom. The van der Waals surface area contributed by atoms with Gasteiger partial charge in [-0.25, -0.2) is 14.9 Å². The van der Waals surface area contributed by atoms with E-state index in [0.29, 0.717) is 28.9 Å². The summed E-state index contributed by atoms with van der Waals surface area (Å²) >= 11 is 6.31. The van der Waals surface area contributed by atoms with Crippen molar-refractivity contribution in [3.8, 4) is 0 Å². The number of amides is 2. The number of aromatic nitrogens is 5. The largest absolute Gasteiger partial charge is 0.339 e. The average molecular weight is 448 g/mol. The first kappa shape index (κ1) is 19.8. The first-order chi connectivity index (χ1) is 15.6. The maximum absolute atomic E-state index is 12.4.